The maximum atomic E-state index is 12.5. The van der Waals surface area contributed by atoms with Gasteiger partial charge in [0.2, 0.25) is 0 Å². The van der Waals surface area contributed by atoms with Gasteiger partial charge < -0.3 is 9.47 Å². The smallest absolute Gasteiger partial charge is 0.269 e. The van der Waals surface area contributed by atoms with Crippen LogP contribution in [-0.2, 0) is 9.59 Å². The Balaban J connectivity index is 1.43. The Morgan fingerprint density at radius 2 is 0.974 bits per heavy atom. The van der Waals surface area contributed by atoms with Crippen molar-refractivity contribution in [2.75, 3.05) is 4.90 Å². The van der Waals surface area contributed by atoms with Crippen molar-refractivity contribution in [3.05, 3.63) is 123 Å². The van der Waals surface area contributed by atoms with Gasteiger partial charge in [0.25, 0.3) is 23.2 Å². The SMILES string of the molecule is O=C1C=CC(=O)N1c1cc(Oc2ccc([N+](=O)[O-])cc2)ccc1-c1ccc(Oc2ccc([N+](=O)[O-])cc2)cc1. The van der Waals surface area contributed by atoms with Crippen molar-refractivity contribution in [3.63, 3.8) is 0 Å². The summed E-state index contributed by atoms with van der Waals surface area (Å²) in [7, 11) is 0. The Kier molecular flexibility index (Phi) is 6.54. The van der Waals surface area contributed by atoms with Crippen LogP contribution in [-0.4, -0.2) is 21.7 Å². The van der Waals surface area contributed by atoms with E-state index in [1.165, 1.54) is 60.7 Å². The van der Waals surface area contributed by atoms with Crippen molar-refractivity contribution < 1.29 is 28.9 Å². The quantitative estimate of drug-likeness (QED) is 0.151. The molecule has 0 fully saturated rings. The molecule has 0 saturated heterocycles. The lowest BCUT2D eigenvalue weighted by molar-refractivity contribution is -0.385. The van der Waals surface area contributed by atoms with E-state index in [9.17, 15) is 29.8 Å². The van der Waals surface area contributed by atoms with Crippen LogP contribution in [0.4, 0.5) is 17.1 Å². The lowest BCUT2D eigenvalue weighted by atomic mass is 10.0. The molecule has 2 amide bonds. The summed E-state index contributed by atoms with van der Waals surface area (Å²) in [5.74, 6) is 0.527. The fourth-order valence-corrected chi connectivity index (χ4v) is 3.89. The molecule has 192 valence electrons. The number of nitrogens with zero attached hydrogens (tertiary/aromatic N) is 3. The molecule has 0 bridgehead atoms. The largest absolute Gasteiger partial charge is 0.457 e. The lowest BCUT2D eigenvalue weighted by Crippen LogP contribution is -2.30. The third kappa shape index (κ3) is 5.32. The fraction of sp³-hybridized carbons (Fsp3) is 0. The normalized spacial score (nSPS) is 12.5. The highest BCUT2D eigenvalue weighted by Gasteiger charge is 2.28. The first-order chi connectivity index (χ1) is 18.8. The molecule has 0 N–H and O–H groups in total. The number of amides is 2. The predicted molar refractivity (Wildman–Crippen MR) is 140 cm³/mol. The summed E-state index contributed by atoms with van der Waals surface area (Å²) >= 11 is 0. The molecule has 0 aromatic heterocycles. The van der Waals surface area contributed by atoms with Crippen LogP contribution in [0.3, 0.4) is 0 Å². The molecule has 0 radical (unpaired) electrons. The van der Waals surface area contributed by atoms with E-state index < -0.39 is 21.7 Å². The summed E-state index contributed by atoms with van der Waals surface area (Å²) in [6.45, 7) is 0. The fourth-order valence-electron chi connectivity index (χ4n) is 3.89. The summed E-state index contributed by atoms with van der Waals surface area (Å²) in [5, 5.41) is 21.7. The van der Waals surface area contributed by atoms with Gasteiger partial charge in [-0.25, -0.2) is 4.90 Å². The molecule has 1 heterocycles. The van der Waals surface area contributed by atoms with Crippen molar-refractivity contribution in [1.82, 2.24) is 0 Å². The molecule has 11 heteroatoms. The van der Waals surface area contributed by atoms with E-state index in [0.717, 1.165) is 4.90 Å². The van der Waals surface area contributed by atoms with Crippen molar-refractivity contribution in [2.45, 2.75) is 0 Å². The van der Waals surface area contributed by atoms with Crippen LogP contribution in [0.5, 0.6) is 23.0 Å². The highest BCUT2D eigenvalue weighted by Crippen LogP contribution is 2.38. The van der Waals surface area contributed by atoms with Crippen molar-refractivity contribution in [2.24, 2.45) is 0 Å². The van der Waals surface area contributed by atoms with Gasteiger partial charge in [-0.2, -0.15) is 0 Å². The summed E-state index contributed by atoms with van der Waals surface area (Å²) < 4.78 is 11.6. The standard InChI is InChI=1S/C28H17N3O8/c32-27-15-16-28(33)29(27)26-17-24(39-23-11-5-20(6-12-23)31(36)37)13-14-25(26)18-1-7-21(8-2-18)38-22-9-3-19(4-10-22)30(34)35/h1-17H. The van der Waals surface area contributed by atoms with Crippen LogP contribution in [0.2, 0.25) is 0 Å². The van der Waals surface area contributed by atoms with E-state index >= 15 is 0 Å². The average molecular weight is 523 g/mol. The summed E-state index contributed by atoms with van der Waals surface area (Å²) in [5.41, 5.74) is 1.40. The van der Waals surface area contributed by atoms with Gasteiger partial charge in [-0.3, -0.25) is 29.8 Å². The number of carbonyl (C=O) groups excluding carboxylic acids is 2. The molecule has 0 aliphatic carbocycles. The second-order valence-electron chi connectivity index (χ2n) is 8.25. The van der Waals surface area contributed by atoms with Gasteiger partial charge >= 0.3 is 0 Å². The topological polar surface area (TPSA) is 142 Å². The van der Waals surface area contributed by atoms with Crippen LogP contribution in [0, 0.1) is 20.2 Å². The Morgan fingerprint density at radius 3 is 1.44 bits per heavy atom. The molecule has 4 aromatic rings. The minimum atomic E-state index is -0.517. The van der Waals surface area contributed by atoms with Crippen LogP contribution < -0.4 is 14.4 Å². The molecule has 0 saturated carbocycles. The molecule has 11 nitrogen and oxygen atoms in total. The van der Waals surface area contributed by atoms with Gasteiger partial charge in [-0.05, 0) is 54.1 Å². The molecule has 4 aromatic carbocycles. The number of rotatable bonds is 8. The van der Waals surface area contributed by atoms with E-state index in [-0.39, 0.29) is 11.4 Å². The Bertz CT molecular complexity index is 1610. The van der Waals surface area contributed by atoms with E-state index in [1.54, 1.807) is 42.5 Å². The predicted octanol–water partition coefficient (Wildman–Crippen LogP) is 6.18. The number of imide groups is 1. The van der Waals surface area contributed by atoms with Crippen molar-refractivity contribution in [1.29, 1.82) is 0 Å². The number of benzene rings is 4. The Hall–Kier alpha value is -5.84. The molecule has 39 heavy (non-hydrogen) atoms. The van der Waals surface area contributed by atoms with Crippen molar-refractivity contribution in [3.8, 4) is 34.1 Å². The zero-order valence-corrected chi connectivity index (χ0v) is 19.9. The number of non-ortho nitro benzene ring substituents is 2. The van der Waals surface area contributed by atoms with Gasteiger partial charge in [0, 0.05) is 48.0 Å². The maximum Gasteiger partial charge on any atom is 0.269 e. The Morgan fingerprint density at radius 1 is 0.564 bits per heavy atom. The van der Waals surface area contributed by atoms with E-state index in [2.05, 4.69) is 0 Å². The Labute approximate surface area is 220 Å². The minimum absolute atomic E-state index is 0.0493. The molecular formula is C28H17N3O8. The van der Waals surface area contributed by atoms with Crippen LogP contribution in [0.25, 0.3) is 11.1 Å². The summed E-state index contributed by atoms with van der Waals surface area (Å²) in [4.78, 5) is 46.8. The highest BCUT2D eigenvalue weighted by molar-refractivity contribution is 6.29. The second-order valence-corrected chi connectivity index (χ2v) is 8.25. The molecule has 1 aliphatic heterocycles. The van der Waals surface area contributed by atoms with E-state index in [4.69, 9.17) is 9.47 Å². The molecular weight excluding hydrogens is 506 g/mol. The van der Waals surface area contributed by atoms with Gasteiger partial charge in [0.15, 0.2) is 0 Å². The molecule has 0 spiro atoms. The zero-order chi connectivity index (χ0) is 27.5. The molecule has 0 unspecified atom stereocenters. The molecule has 1 aliphatic rings. The van der Waals surface area contributed by atoms with Crippen molar-refractivity contribution >= 4 is 28.9 Å². The monoisotopic (exact) mass is 523 g/mol. The number of hydrogen-bond donors (Lipinski definition) is 0. The number of nitro benzene ring substituents is 2. The van der Waals surface area contributed by atoms with Gasteiger partial charge in [0.05, 0.1) is 15.5 Å². The van der Waals surface area contributed by atoms with E-state index in [1.807, 2.05) is 0 Å². The van der Waals surface area contributed by atoms with E-state index in [0.29, 0.717) is 39.8 Å². The van der Waals surface area contributed by atoms with Crippen LogP contribution >= 0.6 is 0 Å². The van der Waals surface area contributed by atoms with Gasteiger partial charge in [-0.15, -0.1) is 0 Å². The maximum absolute atomic E-state index is 12.5. The first kappa shape index (κ1) is 24.8. The molecule has 5 rings (SSSR count). The number of ether oxygens (including phenoxy) is 2. The lowest BCUT2D eigenvalue weighted by Gasteiger charge is -2.20. The highest BCUT2D eigenvalue weighted by atomic mass is 16.6. The number of carbonyl (C=O) groups is 2. The van der Waals surface area contributed by atoms with Gasteiger partial charge in [-0.1, -0.05) is 12.1 Å². The number of hydrogen-bond acceptors (Lipinski definition) is 8. The summed E-state index contributed by atoms with van der Waals surface area (Å²) in [6.07, 6.45) is 2.36. The second kappa shape index (κ2) is 10.3. The first-order valence-electron chi connectivity index (χ1n) is 11.4. The zero-order valence-electron chi connectivity index (χ0n) is 19.9. The van der Waals surface area contributed by atoms with Crippen LogP contribution in [0.1, 0.15) is 0 Å². The summed E-state index contributed by atoms with van der Waals surface area (Å²) in [6, 6.07) is 22.9. The average Bonchev–Trinajstić information content (AvgIpc) is 3.27. The third-order valence-corrected chi connectivity index (χ3v) is 5.75. The minimum Gasteiger partial charge on any atom is -0.457 e. The van der Waals surface area contributed by atoms with Crippen LogP contribution in [0.15, 0.2) is 103 Å². The van der Waals surface area contributed by atoms with Gasteiger partial charge in [0.1, 0.15) is 23.0 Å². The number of anilines is 1. The number of nitro groups is 2. The first-order valence-corrected chi connectivity index (χ1v) is 11.4. The third-order valence-electron chi connectivity index (χ3n) is 5.75. The molecule has 0 atom stereocenters.